The second-order valence-electron chi connectivity index (χ2n) is 5.30. The molecule has 1 aromatic carbocycles. The van der Waals surface area contributed by atoms with E-state index in [0.29, 0.717) is 0 Å². The molecule has 1 aliphatic heterocycles. The van der Waals surface area contributed by atoms with Crippen molar-refractivity contribution in [1.29, 1.82) is 0 Å². The molecule has 2 atom stereocenters. The highest BCUT2D eigenvalue weighted by molar-refractivity contribution is 7.85. The fourth-order valence-electron chi connectivity index (χ4n) is 2.72. The number of rotatable bonds is 6. The zero-order chi connectivity index (χ0) is 13.5. The zero-order valence-corrected chi connectivity index (χ0v) is 12.7. The Morgan fingerprint density at radius 3 is 2.47 bits per heavy atom. The van der Waals surface area contributed by atoms with E-state index in [0.717, 1.165) is 24.4 Å². The Morgan fingerprint density at radius 1 is 1.16 bits per heavy atom. The maximum atomic E-state index is 12.8. The van der Waals surface area contributed by atoms with Gasteiger partial charge in [-0.05, 0) is 44.5 Å². The van der Waals surface area contributed by atoms with Crippen LogP contribution in [-0.4, -0.2) is 27.6 Å². The number of hydrogen-bond donors (Lipinski definition) is 0. The first-order valence-electron chi connectivity index (χ1n) is 7.52. The van der Waals surface area contributed by atoms with E-state index in [4.69, 9.17) is 0 Å². The lowest BCUT2D eigenvalue weighted by Crippen LogP contribution is -2.41. The van der Waals surface area contributed by atoms with Crippen LogP contribution >= 0.6 is 0 Å². The van der Waals surface area contributed by atoms with Crippen LogP contribution in [0.5, 0.6) is 0 Å². The molecule has 2 rings (SSSR count). The van der Waals surface area contributed by atoms with Crippen LogP contribution in [0.2, 0.25) is 0 Å². The molecule has 3 heteroatoms. The Morgan fingerprint density at radius 2 is 1.84 bits per heavy atom. The quantitative estimate of drug-likeness (QED) is 0.789. The highest BCUT2D eigenvalue weighted by Crippen LogP contribution is 2.22. The van der Waals surface area contributed by atoms with Crippen molar-refractivity contribution in [3.8, 4) is 0 Å². The van der Waals surface area contributed by atoms with Crippen LogP contribution in [0.15, 0.2) is 35.2 Å². The van der Waals surface area contributed by atoms with Gasteiger partial charge < -0.3 is 0 Å². The molecule has 0 bridgehead atoms. The second-order valence-corrected chi connectivity index (χ2v) is 6.91. The highest BCUT2D eigenvalue weighted by Gasteiger charge is 2.26. The lowest BCUT2D eigenvalue weighted by Gasteiger charge is -2.34. The number of unbranched alkanes of at least 4 members (excludes halogenated alkanes) is 1. The maximum absolute atomic E-state index is 12.8. The molecule has 0 radical (unpaired) electrons. The van der Waals surface area contributed by atoms with Crippen molar-refractivity contribution < 1.29 is 4.21 Å². The fourth-order valence-corrected chi connectivity index (χ4v) is 4.32. The van der Waals surface area contributed by atoms with Gasteiger partial charge in [-0.2, -0.15) is 0 Å². The summed E-state index contributed by atoms with van der Waals surface area (Å²) < 4.78 is 12.8. The van der Waals surface area contributed by atoms with Gasteiger partial charge in [0.1, 0.15) is 0 Å². The maximum Gasteiger partial charge on any atom is 0.0907 e. The summed E-state index contributed by atoms with van der Waals surface area (Å²) in [5.74, 6) is 0. The number of likely N-dealkylation sites (tertiary alicyclic amines) is 1. The molecule has 1 heterocycles. The van der Waals surface area contributed by atoms with E-state index in [1.165, 1.54) is 32.1 Å². The van der Waals surface area contributed by atoms with Crippen molar-refractivity contribution >= 4 is 10.8 Å². The van der Waals surface area contributed by atoms with E-state index in [1.807, 2.05) is 30.3 Å². The minimum Gasteiger partial charge on any atom is -0.289 e. The van der Waals surface area contributed by atoms with Crippen LogP contribution in [0, 0.1) is 0 Å². The number of hydrogen-bond acceptors (Lipinski definition) is 2. The molecule has 0 amide bonds. The van der Waals surface area contributed by atoms with E-state index in [-0.39, 0.29) is 5.37 Å². The van der Waals surface area contributed by atoms with Gasteiger partial charge in [-0.3, -0.25) is 9.11 Å². The van der Waals surface area contributed by atoms with Crippen molar-refractivity contribution in [3.05, 3.63) is 30.3 Å². The van der Waals surface area contributed by atoms with Crippen LogP contribution in [-0.2, 0) is 10.8 Å². The van der Waals surface area contributed by atoms with Crippen LogP contribution in [0.1, 0.15) is 45.4 Å². The summed E-state index contributed by atoms with van der Waals surface area (Å²) in [4.78, 5) is 3.44. The van der Waals surface area contributed by atoms with Crippen molar-refractivity contribution in [3.63, 3.8) is 0 Å². The lowest BCUT2D eigenvalue weighted by molar-refractivity contribution is 0.201. The topological polar surface area (TPSA) is 20.3 Å². The standard InChI is InChI=1S/C16H25NOS/c1-2-3-12-16(17-13-8-5-9-14-17)19(18)15-10-6-4-7-11-15/h4,6-7,10-11,16H,2-3,5,8-9,12-14H2,1H3. The van der Waals surface area contributed by atoms with Crippen molar-refractivity contribution in [2.24, 2.45) is 0 Å². The molecule has 1 aromatic rings. The summed E-state index contributed by atoms with van der Waals surface area (Å²) in [6.07, 6.45) is 7.24. The van der Waals surface area contributed by atoms with Gasteiger partial charge in [0.2, 0.25) is 0 Å². The summed E-state index contributed by atoms with van der Waals surface area (Å²) in [6, 6.07) is 9.96. The molecule has 2 nitrogen and oxygen atoms in total. The van der Waals surface area contributed by atoms with E-state index < -0.39 is 10.8 Å². The van der Waals surface area contributed by atoms with Crippen LogP contribution in [0.4, 0.5) is 0 Å². The molecule has 1 fully saturated rings. The van der Waals surface area contributed by atoms with Crippen molar-refractivity contribution in [2.75, 3.05) is 13.1 Å². The van der Waals surface area contributed by atoms with E-state index >= 15 is 0 Å². The second kappa shape index (κ2) is 7.81. The lowest BCUT2D eigenvalue weighted by atomic mass is 10.1. The van der Waals surface area contributed by atoms with E-state index in [1.54, 1.807) is 0 Å². The molecule has 0 aromatic heterocycles. The molecule has 0 saturated carbocycles. The molecule has 1 aliphatic rings. The van der Waals surface area contributed by atoms with Gasteiger partial charge in [0, 0.05) is 4.90 Å². The number of benzene rings is 1. The molecule has 1 saturated heterocycles. The average Bonchev–Trinajstić information content (AvgIpc) is 2.49. The van der Waals surface area contributed by atoms with Gasteiger partial charge in [0.15, 0.2) is 0 Å². The van der Waals surface area contributed by atoms with Gasteiger partial charge in [-0.15, -0.1) is 0 Å². The van der Waals surface area contributed by atoms with Gasteiger partial charge >= 0.3 is 0 Å². The Bertz CT molecular complexity index is 387. The predicted molar refractivity (Wildman–Crippen MR) is 81.6 cm³/mol. The molecular weight excluding hydrogens is 254 g/mol. The molecule has 0 N–H and O–H groups in total. The molecule has 19 heavy (non-hydrogen) atoms. The normalized spacial score (nSPS) is 20.1. The summed E-state index contributed by atoms with van der Waals surface area (Å²) in [5, 5.41) is 0.211. The van der Waals surface area contributed by atoms with Gasteiger partial charge in [0.25, 0.3) is 0 Å². The number of nitrogens with zero attached hydrogens (tertiary/aromatic N) is 1. The third-order valence-electron chi connectivity index (χ3n) is 3.83. The molecule has 2 unspecified atom stereocenters. The molecule has 0 aliphatic carbocycles. The van der Waals surface area contributed by atoms with E-state index in [9.17, 15) is 4.21 Å². The van der Waals surface area contributed by atoms with Gasteiger partial charge in [-0.1, -0.05) is 44.4 Å². The SMILES string of the molecule is CCCCC(N1CCCCC1)S(=O)c1ccccc1. The minimum absolute atomic E-state index is 0.211. The van der Waals surface area contributed by atoms with Crippen molar-refractivity contribution in [1.82, 2.24) is 4.90 Å². The van der Waals surface area contributed by atoms with Crippen LogP contribution in [0.3, 0.4) is 0 Å². The Balaban J connectivity index is 2.09. The smallest absolute Gasteiger partial charge is 0.0907 e. The Hall–Kier alpha value is -0.670. The average molecular weight is 279 g/mol. The fraction of sp³-hybridized carbons (Fsp3) is 0.625. The molecule has 0 spiro atoms. The van der Waals surface area contributed by atoms with Gasteiger partial charge in [-0.25, -0.2) is 0 Å². The largest absolute Gasteiger partial charge is 0.289 e. The summed E-state index contributed by atoms with van der Waals surface area (Å²) in [7, 11) is -0.894. The number of piperidine rings is 1. The Labute approximate surface area is 119 Å². The van der Waals surface area contributed by atoms with Crippen molar-refractivity contribution in [2.45, 2.75) is 55.7 Å². The zero-order valence-electron chi connectivity index (χ0n) is 11.9. The molecular formula is C16H25NOS. The third kappa shape index (κ3) is 4.15. The summed E-state index contributed by atoms with van der Waals surface area (Å²) in [6.45, 7) is 4.44. The predicted octanol–water partition coefficient (Wildman–Crippen LogP) is 3.80. The van der Waals surface area contributed by atoms with E-state index in [2.05, 4.69) is 11.8 Å². The first-order chi connectivity index (χ1) is 9.33. The molecule has 106 valence electrons. The summed E-state index contributed by atoms with van der Waals surface area (Å²) in [5.41, 5.74) is 0. The third-order valence-corrected chi connectivity index (χ3v) is 5.59. The first kappa shape index (κ1) is 14.7. The van der Waals surface area contributed by atoms with Crippen LogP contribution < -0.4 is 0 Å². The summed E-state index contributed by atoms with van der Waals surface area (Å²) >= 11 is 0. The van der Waals surface area contributed by atoms with Crippen LogP contribution in [0.25, 0.3) is 0 Å². The minimum atomic E-state index is -0.894. The monoisotopic (exact) mass is 279 g/mol. The highest BCUT2D eigenvalue weighted by atomic mass is 32.2. The van der Waals surface area contributed by atoms with Gasteiger partial charge in [0.05, 0.1) is 16.2 Å². The Kier molecular flexibility index (Phi) is 6.05. The first-order valence-corrected chi connectivity index (χ1v) is 8.74.